The number of morpholine rings is 1. The fourth-order valence-electron chi connectivity index (χ4n) is 2.45. The normalized spacial score (nSPS) is 15.6. The fourth-order valence-corrected chi connectivity index (χ4v) is 3.89. The molecule has 0 atom stereocenters. The second kappa shape index (κ2) is 8.41. The number of hydrogen-bond donors (Lipinski definition) is 2. The summed E-state index contributed by atoms with van der Waals surface area (Å²) in [6.45, 7) is 5.04. The van der Waals surface area contributed by atoms with Crippen molar-refractivity contribution in [3.05, 3.63) is 29.3 Å². The van der Waals surface area contributed by atoms with E-state index in [9.17, 15) is 18.0 Å². The van der Waals surface area contributed by atoms with E-state index < -0.39 is 10.0 Å². The molecule has 0 aliphatic carbocycles. The maximum absolute atomic E-state index is 12.7. The maximum Gasteiger partial charge on any atom is 0.251 e. The van der Waals surface area contributed by atoms with Crippen molar-refractivity contribution >= 4 is 21.8 Å². The Morgan fingerprint density at radius 2 is 1.80 bits per heavy atom. The number of benzene rings is 1. The molecule has 0 unspecified atom stereocenters. The number of sulfonamides is 1. The Morgan fingerprint density at radius 3 is 2.44 bits per heavy atom. The third kappa shape index (κ3) is 5.00. The zero-order chi connectivity index (χ0) is 18.4. The molecule has 138 valence electrons. The first kappa shape index (κ1) is 19.4. The summed E-state index contributed by atoms with van der Waals surface area (Å²) < 4.78 is 31.9. The standard InChI is InChI=1S/C16H23N3O5S/c1-12-3-4-14(25(22,23)19-7-9-24-10-8-19)11-15(12)16(21)18-6-5-17-13(2)20/h3-4,11H,5-10H2,1-2H3,(H,17,20)(H,18,21). The minimum absolute atomic E-state index is 0.0898. The van der Waals surface area contributed by atoms with Crippen LogP contribution in [0.1, 0.15) is 22.8 Å². The van der Waals surface area contributed by atoms with E-state index in [2.05, 4.69) is 10.6 Å². The van der Waals surface area contributed by atoms with Crippen molar-refractivity contribution in [1.82, 2.24) is 14.9 Å². The van der Waals surface area contributed by atoms with E-state index >= 15 is 0 Å². The molecule has 0 bridgehead atoms. The van der Waals surface area contributed by atoms with Gasteiger partial charge in [-0.2, -0.15) is 4.31 Å². The van der Waals surface area contributed by atoms with Gasteiger partial charge in [0.1, 0.15) is 0 Å². The average molecular weight is 369 g/mol. The van der Waals surface area contributed by atoms with Crippen molar-refractivity contribution in [2.24, 2.45) is 0 Å². The molecule has 1 heterocycles. The highest BCUT2D eigenvalue weighted by Crippen LogP contribution is 2.20. The Labute approximate surface area is 147 Å². The number of rotatable bonds is 6. The topological polar surface area (TPSA) is 105 Å². The number of nitrogens with one attached hydrogen (secondary N) is 2. The summed E-state index contributed by atoms with van der Waals surface area (Å²) in [5.74, 6) is -0.550. The minimum Gasteiger partial charge on any atom is -0.379 e. The van der Waals surface area contributed by atoms with Gasteiger partial charge in [0.2, 0.25) is 15.9 Å². The molecular formula is C16H23N3O5S. The van der Waals surface area contributed by atoms with Crippen LogP contribution in [0, 0.1) is 6.92 Å². The second-order valence-corrected chi connectivity index (χ2v) is 7.67. The van der Waals surface area contributed by atoms with Crippen LogP contribution >= 0.6 is 0 Å². The van der Waals surface area contributed by atoms with Gasteiger partial charge in [-0.05, 0) is 24.6 Å². The first-order valence-corrected chi connectivity index (χ1v) is 9.47. The molecule has 1 aromatic carbocycles. The molecule has 0 aromatic heterocycles. The summed E-state index contributed by atoms with van der Waals surface area (Å²) in [5.41, 5.74) is 0.982. The van der Waals surface area contributed by atoms with Crippen LogP contribution in [0.4, 0.5) is 0 Å². The third-order valence-electron chi connectivity index (χ3n) is 3.85. The molecule has 2 amide bonds. The largest absolute Gasteiger partial charge is 0.379 e. The lowest BCUT2D eigenvalue weighted by atomic mass is 10.1. The number of nitrogens with zero attached hydrogens (tertiary/aromatic N) is 1. The van der Waals surface area contributed by atoms with E-state index in [4.69, 9.17) is 4.74 Å². The van der Waals surface area contributed by atoms with Crippen LogP contribution in [0.2, 0.25) is 0 Å². The average Bonchev–Trinajstić information content (AvgIpc) is 2.59. The fraction of sp³-hybridized carbons (Fsp3) is 0.500. The molecular weight excluding hydrogens is 346 g/mol. The number of ether oxygens (including phenoxy) is 1. The molecule has 25 heavy (non-hydrogen) atoms. The summed E-state index contributed by atoms with van der Waals surface area (Å²) in [6.07, 6.45) is 0. The van der Waals surface area contributed by atoms with Gasteiger partial charge in [-0.15, -0.1) is 0 Å². The minimum atomic E-state index is -3.65. The first-order valence-electron chi connectivity index (χ1n) is 8.03. The predicted molar refractivity (Wildman–Crippen MR) is 91.8 cm³/mol. The summed E-state index contributed by atoms with van der Waals surface area (Å²) in [7, 11) is -3.65. The molecule has 9 heteroatoms. The maximum atomic E-state index is 12.7. The number of carbonyl (C=O) groups is 2. The summed E-state index contributed by atoms with van der Waals surface area (Å²) in [5, 5.41) is 5.25. The van der Waals surface area contributed by atoms with Gasteiger partial charge in [0.05, 0.1) is 18.1 Å². The molecule has 2 N–H and O–H groups in total. The highest BCUT2D eigenvalue weighted by Gasteiger charge is 2.27. The highest BCUT2D eigenvalue weighted by atomic mass is 32.2. The molecule has 1 aliphatic heterocycles. The van der Waals surface area contributed by atoms with E-state index in [1.54, 1.807) is 13.0 Å². The van der Waals surface area contributed by atoms with Crippen LogP contribution < -0.4 is 10.6 Å². The van der Waals surface area contributed by atoms with Crippen LogP contribution in [0.15, 0.2) is 23.1 Å². The van der Waals surface area contributed by atoms with Crippen molar-refractivity contribution in [2.75, 3.05) is 39.4 Å². The Hall–Kier alpha value is -1.97. The van der Waals surface area contributed by atoms with Crippen LogP contribution in [-0.4, -0.2) is 63.9 Å². The van der Waals surface area contributed by atoms with E-state index in [1.807, 2.05) is 0 Å². The lowest BCUT2D eigenvalue weighted by Gasteiger charge is -2.26. The molecule has 2 rings (SSSR count). The number of carbonyl (C=O) groups excluding carboxylic acids is 2. The molecule has 1 aromatic rings. The van der Waals surface area contributed by atoms with Crippen molar-refractivity contribution in [2.45, 2.75) is 18.7 Å². The number of aryl methyl sites for hydroxylation is 1. The van der Waals surface area contributed by atoms with Crippen LogP contribution in [0.3, 0.4) is 0 Å². The van der Waals surface area contributed by atoms with E-state index in [0.29, 0.717) is 44.0 Å². The van der Waals surface area contributed by atoms with E-state index in [0.717, 1.165) is 0 Å². The van der Waals surface area contributed by atoms with Crippen molar-refractivity contribution in [1.29, 1.82) is 0 Å². The summed E-state index contributed by atoms with van der Waals surface area (Å²) in [4.78, 5) is 23.2. The SMILES string of the molecule is CC(=O)NCCNC(=O)c1cc(S(=O)(=O)N2CCOCC2)ccc1C. The Morgan fingerprint density at radius 1 is 1.16 bits per heavy atom. The van der Waals surface area contributed by atoms with Gasteiger partial charge < -0.3 is 15.4 Å². The van der Waals surface area contributed by atoms with Gasteiger partial charge >= 0.3 is 0 Å². The second-order valence-electron chi connectivity index (χ2n) is 5.73. The Bertz CT molecular complexity index is 742. The number of hydrogen-bond acceptors (Lipinski definition) is 5. The Balaban J connectivity index is 2.13. The highest BCUT2D eigenvalue weighted by molar-refractivity contribution is 7.89. The van der Waals surface area contributed by atoms with Gasteiger partial charge in [0.25, 0.3) is 5.91 Å². The monoisotopic (exact) mass is 369 g/mol. The quantitative estimate of drug-likeness (QED) is 0.681. The zero-order valence-electron chi connectivity index (χ0n) is 14.4. The molecule has 8 nitrogen and oxygen atoms in total. The van der Waals surface area contributed by atoms with Crippen molar-refractivity contribution < 1.29 is 22.7 Å². The lowest BCUT2D eigenvalue weighted by molar-refractivity contribution is -0.118. The Kier molecular flexibility index (Phi) is 6.51. The summed E-state index contributed by atoms with van der Waals surface area (Å²) >= 11 is 0. The molecule has 0 radical (unpaired) electrons. The van der Waals surface area contributed by atoms with Gasteiger partial charge in [-0.3, -0.25) is 9.59 Å². The van der Waals surface area contributed by atoms with Crippen LogP contribution in [-0.2, 0) is 19.6 Å². The van der Waals surface area contributed by atoms with Crippen LogP contribution in [0.25, 0.3) is 0 Å². The van der Waals surface area contributed by atoms with Gasteiger partial charge in [-0.1, -0.05) is 6.07 Å². The molecule has 0 spiro atoms. The predicted octanol–water partition coefficient (Wildman–Crippen LogP) is -0.118. The van der Waals surface area contributed by atoms with Crippen molar-refractivity contribution in [3.63, 3.8) is 0 Å². The molecule has 1 fully saturated rings. The lowest BCUT2D eigenvalue weighted by Crippen LogP contribution is -2.40. The number of amides is 2. The van der Waals surface area contributed by atoms with Gasteiger partial charge in [0, 0.05) is 38.7 Å². The van der Waals surface area contributed by atoms with E-state index in [1.165, 1.54) is 23.4 Å². The molecule has 0 saturated carbocycles. The van der Waals surface area contributed by atoms with Gasteiger partial charge in [0.15, 0.2) is 0 Å². The molecule has 1 aliphatic rings. The smallest absolute Gasteiger partial charge is 0.251 e. The van der Waals surface area contributed by atoms with Crippen LogP contribution in [0.5, 0.6) is 0 Å². The summed E-state index contributed by atoms with van der Waals surface area (Å²) in [6, 6.07) is 4.53. The van der Waals surface area contributed by atoms with E-state index in [-0.39, 0.29) is 23.3 Å². The van der Waals surface area contributed by atoms with Gasteiger partial charge in [-0.25, -0.2) is 8.42 Å². The first-order chi connectivity index (χ1) is 11.8. The van der Waals surface area contributed by atoms with Crippen molar-refractivity contribution in [3.8, 4) is 0 Å². The third-order valence-corrected chi connectivity index (χ3v) is 5.74. The zero-order valence-corrected chi connectivity index (χ0v) is 15.2. The molecule has 1 saturated heterocycles.